The highest BCUT2D eigenvalue weighted by molar-refractivity contribution is 6.39. The smallest absolute Gasteiger partial charge is 0.313 e. The number of carbonyl (C=O) groups excluding carboxylic acids is 2. The largest absolute Gasteiger partial charge is 0.454 e. The summed E-state index contributed by atoms with van der Waals surface area (Å²) in [6, 6.07) is 13.3. The molecule has 170 valence electrons. The maximum absolute atomic E-state index is 12.5. The molecule has 2 aliphatic rings. The number of aryl methyl sites for hydroxylation is 1. The van der Waals surface area contributed by atoms with Gasteiger partial charge in [0.25, 0.3) is 0 Å². The lowest BCUT2D eigenvalue weighted by Crippen LogP contribution is -2.49. The van der Waals surface area contributed by atoms with Gasteiger partial charge in [-0.2, -0.15) is 0 Å². The number of carbonyl (C=O) groups is 2. The van der Waals surface area contributed by atoms with Crippen molar-refractivity contribution >= 4 is 17.5 Å². The van der Waals surface area contributed by atoms with E-state index in [0.29, 0.717) is 18.0 Å². The number of hydrogen-bond acceptors (Lipinski definition) is 6. The highest BCUT2D eigenvalue weighted by Gasteiger charge is 2.27. The second kappa shape index (κ2) is 10.0. The molecule has 0 bridgehead atoms. The Morgan fingerprint density at radius 2 is 1.69 bits per heavy atom. The summed E-state index contributed by atoms with van der Waals surface area (Å²) in [6.45, 7) is 6.26. The van der Waals surface area contributed by atoms with Gasteiger partial charge in [0.05, 0.1) is 6.04 Å². The number of piperazine rings is 1. The molecule has 0 saturated carbocycles. The first-order valence-electron chi connectivity index (χ1n) is 11.0. The molecule has 0 aliphatic carbocycles. The topological polar surface area (TPSA) is 83.1 Å². The number of nitrogens with one attached hydrogen (secondary N) is 2. The monoisotopic (exact) mass is 438 g/mol. The molecule has 0 aromatic heterocycles. The third-order valence-electron chi connectivity index (χ3n) is 6.04. The summed E-state index contributed by atoms with van der Waals surface area (Å²) < 4.78 is 11.0. The summed E-state index contributed by atoms with van der Waals surface area (Å²) in [7, 11) is 2.10. The third-order valence-corrected chi connectivity index (χ3v) is 6.04. The lowest BCUT2D eigenvalue weighted by Gasteiger charge is -2.38. The first-order valence-corrected chi connectivity index (χ1v) is 11.0. The second-order valence-electron chi connectivity index (χ2n) is 8.18. The first-order chi connectivity index (χ1) is 15.5. The van der Waals surface area contributed by atoms with Crippen molar-refractivity contribution in [2.45, 2.75) is 19.4 Å². The molecular weight excluding hydrogens is 408 g/mol. The predicted molar refractivity (Wildman–Crippen MR) is 122 cm³/mol. The van der Waals surface area contributed by atoms with Crippen LogP contribution in [0, 0.1) is 0 Å². The average molecular weight is 439 g/mol. The summed E-state index contributed by atoms with van der Waals surface area (Å²) in [4.78, 5) is 29.6. The number of hydrogen-bond donors (Lipinski definition) is 2. The highest BCUT2D eigenvalue weighted by Crippen LogP contribution is 2.35. The molecule has 0 spiro atoms. The van der Waals surface area contributed by atoms with Crippen molar-refractivity contribution in [2.75, 3.05) is 51.9 Å². The van der Waals surface area contributed by atoms with Gasteiger partial charge in [-0.3, -0.25) is 14.5 Å². The van der Waals surface area contributed by atoms with Crippen molar-refractivity contribution in [3.05, 3.63) is 53.6 Å². The van der Waals surface area contributed by atoms with Gasteiger partial charge in [0.2, 0.25) is 6.79 Å². The highest BCUT2D eigenvalue weighted by atomic mass is 16.7. The Morgan fingerprint density at radius 1 is 0.969 bits per heavy atom. The van der Waals surface area contributed by atoms with Crippen molar-refractivity contribution < 1.29 is 19.1 Å². The molecule has 2 aromatic rings. The average Bonchev–Trinajstić information content (AvgIpc) is 3.28. The van der Waals surface area contributed by atoms with Crippen LogP contribution in [0.25, 0.3) is 0 Å². The van der Waals surface area contributed by atoms with Crippen molar-refractivity contribution in [3.63, 3.8) is 0 Å². The van der Waals surface area contributed by atoms with Gasteiger partial charge in [0, 0.05) is 38.4 Å². The molecule has 0 radical (unpaired) electrons. The van der Waals surface area contributed by atoms with Crippen LogP contribution in [-0.4, -0.2) is 68.2 Å². The SMILES string of the molecule is CCc1ccc(NC(=O)C(=O)NC[C@@H](c2ccc3c(c2)OCO3)N2CCN(C)CC2)cc1. The Labute approximate surface area is 188 Å². The van der Waals surface area contributed by atoms with E-state index >= 15 is 0 Å². The van der Waals surface area contributed by atoms with E-state index in [4.69, 9.17) is 9.47 Å². The van der Waals surface area contributed by atoms with Gasteiger partial charge < -0.3 is 25.0 Å². The molecule has 2 N–H and O–H groups in total. The van der Waals surface area contributed by atoms with Gasteiger partial charge >= 0.3 is 11.8 Å². The van der Waals surface area contributed by atoms with E-state index in [1.54, 1.807) is 0 Å². The number of benzene rings is 2. The number of rotatable bonds is 6. The van der Waals surface area contributed by atoms with Crippen LogP contribution >= 0.6 is 0 Å². The van der Waals surface area contributed by atoms with E-state index in [0.717, 1.165) is 43.9 Å². The summed E-state index contributed by atoms with van der Waals surface area (Å²) in [5.41, 5.74) is 2.80. The maximum atomic E-state index is 12.5. The summed E-state index contributed by atoms with van der Waals surface area (Å²) in [5, 5.41) is 5.49. The van der Waals surface area contributed by atoms with Crippen LogP contribution in [-0.2, 0) is 16.0 Å². The van der Waals surface area contributed by atoms with E-state index in [1.165, 1.54) is 5.56 Å². The Balaban J connectivity index is 1.42. The third kappa shape index (κ3) is 5.20. The fraction of sp³-hybridized carbons (Fsp3) is 0.417. The number of amides is 2. The molecule has 8 nitrogen and oxygen atoms in total. The maximum Gasteiger partial charge on any atom is 0.313 e. The molecule has 2 aliphatic heterocycles. The summed E-state index contributed by atoms with van der Waals surface area (Å²) in [6.07, 6.45) is 0.919. The Kier molecular flexibility index (Phi) is 6.92. The van der Waals surface area contributed by atoms with Crippen molar-refractivity contribution in [1.82, 2.24) is 15.1 Å². The second-order valence-corrected chi connectivity index (χ2v) is 8.18. The van der Waals surface area contributed by atoms with Gasteiger partial charge in [-0.15, -0.1) is 0 Å². The zero-order chi connectivity index (χ0) is 22.5. The minimum atomic E-state index is -0.669. The number of ether oxygens (including phenoxy) is 2. The van der Waals surface area contributed by atoms with Gasteiger partial charge in [-0.05, 0) is 48.9 Å². The number of nitrogens with zero attached hydrogens (tertiary/aromatic N) is 2. The predicted octanol–water partition coefficient (Wildman–Crippen LogP) is 2.02. The van der Waals surface area contributed by atoms with Crippen molar-refractivity contribution in [2.24, 2.45) is 0 Å². The molecular formula is C24H30N4O4. The molecule has 2 aromatic carbocycles. The molecule has 1 fully saturated rings. The Morgan fingerprint density at radius 3 is 2.41 bits per heavy atom. The molecule has 2 heterocycles. The molecule has 1 saturated heterocycles. The van der Waals surface area contributed by atoms with Gasteiger partial charge in [0.1, 0.15) is 0 Å². The Bertz CT molecular complexity index is 955. The molecule has 4 rings (SSSR count). The van der Waals surface area contributed by atoms with Gasteiger partial charge in [-0.25, -0.2) is 0 Å². The van der Waals surface area contributed by atoms with Crippen LogP contribution in [0.1, 0.15) is 24.1 Å². The fourth-order valence-electron chi connectivity index (χ4n) is 3.99. The van der Waals surface area contributed by atoms with Crippen LogP contribution in [0.5, 0.6) is 11.5 Å². The first kappa shape index (κ1) is 22.1. The van der Waals surface area contributed by atoms with Crippen molar-refractivity contribution in [1.29, 1.82) is 0 Å². The van der Waals surface area contributed by atoms with E-state index in [2.05, 4.69) is 34.4 Å². The fourth-order valence-corrected chi connectivity index (χ4v) is 3.99. The van der Waals surface area contributed by atoms with Crippen LogP contribution in [0.4, 0.5) is 5.69 Å². The molecule has 8 heteroatoms. The number of anilines is 1. The standard InChI is InChI=1S/C24H30N4O4/c1-3-17-4-7-19(8-5-17)26-24(30)23(29)25-15-20(28-12-10-27(2)11-13-28)18-6-9-21-22(14-18)32-16-31-21/h4-9,14,20H,3,10-13,15-16H2,1-2H3,(H,25,29)(H,26,30)/t20-/m0/s1. The van der Waals surface area contributed by atoms with Crippen LogP contribution in [0.3, 0.4) is 0 Å². The molecule has 1 atom stereocenters. The zero-order valence-corrected chi connectivity index (χ0v) is 18.6. The normalized spacial score (nSPS) is 17.1. The van der Waals surface area contributed by atoms with E-state index in [1.807, 2.05) is 42.5 Å². The molecule has 0 unspecified atom stereocenters. The Hall–Kier alpha value is -3.10. The van der Waals surface area contributed by atoms with Gasteiger partial charge in [-0.1, -0.05) is 25.1 Å². The van der Waals surface area contributed by atoms with E-state index in [9.17, 15) is 9.59 Å². The lowest BCUT2D eigenvalue weighted by atomic mass is 10.0. The van der Waals surface area contributed by atoms with Gasteiger partial charge in [0.15, 0.2) is 11.5 Å². The quantitative estimate of drug-likeness (QED) is 0.672. The van der Waals surface area contributed by atoms with Crippen LogP contribution < -0.4 is 20.1 Å². The minimum Gasteiger partial charge on any atom is -0.454 e. The number of likely N-dealkylation sites (N-methyl/N-ethyl adjacent to an activating group) is 1. The lowest BCUT2D eigenvalue weighted by molar-refractivity contribution is -0.136. The summed E-state index contributed by atoms with van der Waals surface area (Å²) in [5.74, 6) is 0.117. The van der Waals surface area contributed by atoms with E-state index < -0.39 is 11.8 Å². The van der Waals surface area contributed by atoms with Crippen molar-refractivity contribution in [3.8, 4) is 11.5 Å². The van der Waals surface area contributed by atoms with Crippen LogP contribution in [0.2, 0.25) is 0 Å². The molecule has 2 amide bonds. The van der Waals surface area contributed by atoms with Crippen LogP contribution in [0.15, 0.2) is 42.5 Å². The molecule has 32 heavy (non-hydrogen) atoms. The zero-order valence-electron chi connectivity index (χ0n) is 18.6. The summed E-state index contributed by atoms with van der Waals surface area (Å²) >= 11 is 0. The number of fused-ring (bicyclic) bond motifs is 1. The van der Waals surface area contributed by atoms with E-state index in [-0.39, 0.29) is 12.8 Å². The minimum absolute atomic E-state index is 0.0706.